The second kappa shape index (κ2) is 8.28. The first-order valence-corrected chi connectivity index (χ1v) is 10.5. The molecule has 162 valence electrons. The van der Waals surface area contributed by atoms with E-state index in [0.29, 0.717) is 17.0 Å². The van der Waals surface area contributed by atoms with E-state index in [4.69, 9.17) is 17.3 Å². The van der Waals surface area contributed by atoms with Gasteiger partial charge in [-0.3, -0.25) is 19.7 Å². The van der Waals surface area contributed by atoms with Gasteiger partial charge in [0.15, 0.2) is 0 Å². The van der Waals surface area contributed by atoms with E-state index in [1.165, 1.54) is 18.2 Å². The number of carboxylic acid groups (broad SMARTS) is 1. The van der Waals surface area contributed by atoms with Gasteiger partial charge in [0.25, 0.3) is 11.6 Å². The number of nitrogens with two attached hydrogens (primary N) is 1. The van der Waals surface area contributed by atoms with Gasteiger partial charge in [0.2, 0.25) is 0 Å². The maximum atomic E-state index is 13.6. The number of carboxylic acids is 1. The molecule has 2 aliphatic rings. The highest BCUT2D eigenvalue weighted by molar-refractivity contribution is 6.30. The monoisotopic (exact) mass is 443 g/mol. The summed E-state index contributed by atoms with van der Waals surface area (Å²) in [4.78, 5) is 38.5. The third-order valence-electron chi connectivity index (χ3n) is 6.28. The number of carbonyl (C=O) groups is 2. The highest BCUT2D eigenvalue weighted by Gasteiger charge is 2.48. The van der Waals surface area contributed by atoms with Gasteiger partial charge in [-0.15, -0.1) is 0 Å². The van der Waals surface area contributed by atoms with Crippen LogP contribution < -0.4 is 5.73 Å². The SMILES string of the molecule is N[C@H]1CCCC[C@@H]1N1C(=O)c2ccc([N+](=O)[O-])cc2[C@@H](C(=O)O)[C@@H]1c1ccc(Cl)cc1. The number of carbonyl (C=O) groups excluding carboxylic acids is 1. The Morgan fingerprint density at radius 1 is 1.16 bits per heavy atom. The number of rotatable bonds is 4. The zero-order chi connectivity index (χ0) is 22.3. The zero-order valence-corrected chi connectivity index (χ0v) is 17.4. The van der Waals surface area contributed by atoms with Crippen molar-refractivity contribution in [2.75, 3.05) is 0 Å². The van der Waals surface area contributed by atoms with Gasteiger partial charge in [0, 0.05) is 34.8 Å². The van der Waals surface area contributed by atoms with Gasteiger partial charge in [0.1, 0.15) is 5.92 Å². The molecule has 2 aromatic rings. The molecule has 9 heteroatoms. The quantitative estimate of drug-likeness (QED) is 0.545. The van der Waals surface area contributed by atoms with E-state index in [1.807, 2.05) is 0 Å². The molecular formula is C22H22ClN3O5. The number of aliphatic carboxylic acids is 1. The van der Waals surface area contributed by atoms with E-state index in [2.05, 4.69) is 0 Å². The van der Waals surface area contributed by atoms with E-state index in [-0.39, 0.29) is 34.8 Å². The minimum Gasteiger partial charge on any atom is -0.481 e. The van der Waals surface area contributed by atoms with Gasteiger partial charge in [-0.25, -0.2) is 0 Å². The summed E-state index contributed by atoms with van der Waals surface area (Å²) in [5, 5.41) is 22.0. The van der Waals surface area contributed by atoms with Crippen molar-refractivity contribution < 1.29 is 19.6 Å². The van der Waals surface area contributed by atoms with Crippen LogP contribution in [0, 0.1) is 10.1 Å². The lowest BCUT2D eigenvalue weighted by Gasteiger charge is -2.47. The number of non-ortho nitro benzene ring substituents is 1. The Morgan fingerprint density at radius 2 is 1.84 bits per heavy atom. The molecule has 4 atom stereocenters. The van der Waals surface area contributed by atoms with Crippen LogP contribution in [0.3, 0.4) is 0 Å². The Labute approximate surface area is 183 Å². The highest BCUT2D eigenvalue weighted by atomic mass is 35.5. The van der Waals surface area contributed by atoms with Crippen molar-refractivity contribution in [3.8, 4) is 0 Å². The maximum Gasteiger partial charge on any atom is 0.313 e. The Hall–Kier alpha value is -2.97. The molecule has 1 fully saturated rings. The molecule has 0 spiro atoms. The van der Waals surface area contributed by atoms with Crippen molar-refractivity contribution in [1.29, 1.82) is 0 Å². The summed E-state index contributed by atoms with van der Waals surface area (Å²) in [6, 6.07) is 9.00. The van der Waals surface area contributed by atoms with Crippen LogP contribution in [0.4, 0.5) is 5.69 Å². The summed E-state index contributed by atoms with van der Waals surface area (Å²) >= 11 is 6.03. The van der Waals surface area contributed by atoms with Crippen LogP contribution in [-0.2, 0) is 4.79 Å². The van der Waals surface area contributed by atoms with Crippen molar-refractivity contribution in [2.45, 2.75) is 49.7 Å². The number of benzene rings is 2. The fraction of sp³-hybridized carbons (Fsp3) is 0.364. The molecule has 2 aromatic carbocycles. The van der Waals surface area contributed by atoms with Gasteiger partial charge in [-0.2, -0.15) is 0 Å². The number of hydrogen-bond donors (Lipinski definition) is 2. The number of nitro groups is 1. The fourth-order valence-corrected chi connectivity index (χ4v) is 4.96. The summed E-state index contributed by atoms with van der Waals surface area (Å²) in [6.07, 6.45) is 3.26. The molecule has 0 bridgehead atoms. The van der Waals surface area contributed by atoms with E-state index in [0.717, 1.165) is 19.3 Å². The molecule has 0 unspecified atom stereocenters. The number of fused-ring (bicyclic) bond motifs is 1. The zero-order valence-electron chi connectivity index (χ0n) is 16.6. The van der Waals surface area contributed by atoms with Crippen molar-refractivity contribution in [1.82, 2.24) is 4.90 Å². The third-order valence-corrected chi connectivity index (χ3v) is 6.53. The topological polar surface area (TPSA) is 127 Å². The summed E-state index contributed by atoms with van der Waals surface area (Å²) < 4.78 is 0. The van der Waals surface area contributed by atoms with Crippen LogP contribution in [0.2, 0.25) is 5.02 Å². The average molecular weight is 444 g/mol. The molecule has 1 heterocycles. The van der Waals surface area contributed by atoms with Crippen molar-refractivity contribution in [3.05, 3.63) is 74.3 Å². The first kappa shape index (κ1) is 21.3. The molecule has 1 aliphatic carbocycles. The first-order valence-electron chi connectivity index (χ1n) is 10.1. The van der Waals surface area contributed by atoms with Crippen LogP contribution in [-0.4, -0.2) is 38.9 Å². The largest absolute Gasteiger partial charge is 0.481 e. The van der Waals surface area contributed by atoms with E-state index in [9.17, 15) is 24.8 Å². The normalized spacial score (nSPS) is 25.7. The standard InChI is InChI=1S/C22H22ClN3O5/c23-13-7-5-12(6-8-13)20-19(22(28)29)16-11-14(26(30)31)9-10-15(16)21(27)25(20)18-4-2-1-3-17(18)24/h5-11,17-20H,1-4,24H2,(H,28,29)/t17-,18-,19+,20-/m0/s1. The average Bonchev–Trinajstić information content (AvgIpc) is 2.74. The number of amides is 1. The summed E-state index contributed by atoms with van der Waals surface area (Å²) in [6.45, 7) is 0. The molecule has 1 aliphatic heterocycles. The summed E-state index contributed by atoms with van der Waals surface area (Å²) in [5.41, 5.74) is 7.05. The van der Waals surface area contributed by atoms with Gasteiger partial charge in [0.05, 0.1) is 11.0 Å². The second-order valence-corrected chi connectivity index (χ2v) is 8.51. The van der Waals surface area contributed by atoms with Gasteiger partial charge >= 0.3 is 5.97 Å². The molecule has 0 saturated heterocycles. The lowest BCUT2D eigenvalue weighted by atomic mass is 9.77. The van der Waals surface area contributed by atoms with Crippen LogP contribution in [0.5, 0.6) is 0 Å². The Kier molecular flexibility index (Phi) is 5.68. The number of halogens is 1. The maximum absolute atomic E-state index is 13.6. The Morgan fingerprint density at radius 3 is 2.45 bits per heavy atom. The molecule has 1 amide bonds. The number of nitro benzene ring substituents is 1. The van der Waals surface area contributed by atoms with Crippen LogP contribution in [0.15, 0.2) is 42.5 Å². The Bertz CT molecular complexity index is 1040. The fourth-order valence-electron chi connectivity index (χ4n) is 4.84. The summed E-state index contributed by atoms with van der Waals surface area (Å²) in [7, 11) is 0. The second-order valence-electron chi connectivity index (χ2n) is 8.07. The van der Waals surface area contributed by atoms with E-state index >= 15 is 0 Å². The predicted molar refractivity (Wildman–Crippen MR) is 114 cm³/mol. The molecular weight excluding hydrogens is 422 g/mol. The highest BCUT2D eigenvalue weighted by Crippen LogP contribution is 2.46. The summed E-state index contributed by atoms with van der Waals surface area (Å²) in [5.74, 6) is -2.70. The molecule has 1 saturated carbocycles. The number of nitrogens with zero attached hydrogens (tertiary/aromatic N) is 2. The predicted octanol–water partition coefficient (Wildman–Crippen LogP) is 3.88. The van der Waals surface area contributed by atoms with E-state index in [1.54, 1.807) is 29.2 Å². The smallest absolute Gasteiger partial charge is 0.313 e. The van der Waals surface area contributed by atoms with Gasteiger partial charge < -0.3 is 15.7 Å². The molecule has 3 N–H and O–H groups in total. The van der Waals surface area contributed by atoms with Gasteiger partial charge in [-0.05, 0) is 42.2 Å². The molecule has 8 nitrogen and oxygen atoms in total. The lowest BCUT2D eigenvalue weighted by Crippen LogP contribution is -2.56. The lowest BCUT2D eigenvalue weighted by molar-refractivity contribution is -0.384. The minimum atomic E-state index is -1.18. The molecule has 0 radical (unpaired) electrons. The van der Waals surface area contributed by atoms with Gasteiger partial charge in [-0.1, -0.05) is 36.6 Å². The third kappa shape index (κ3) is 3.77. The van der Waals surface area contributed by atoms with Crippen LogP contribution in [0.1, 0.15) is 59.1 Å². The number of hydrogen-bond acceptors (Lipinski definition) is 5. The first-order chi connectivity index (χ1) is 14.8. The van der Waals surface area contributed by atoms with Crippen molar-refractivity contribution >= 4 is 29.2 Å². The van der Waals surface area contributed by atoms with Crippen LogP contribution in [0.25, 0.3) is 0 Å². The molecule has 4 rings (SSSR count). The molecule has 31 heavy (non-hydrogen) atoms. The van der Waals surface area contributed by atoms with Crippen molar-refractivity contribution in [2.24, 2.45) is 5.73 Å². The Balaban J connectivity index is 1.94. The van der Waals surface area contributed by atoms with Crippen molar-refractivity contribution in [3.63, 3.8) is 0 Å². The minimum absolute atomic E-state index is 0.146. The van der Waals surface area contributed by atoms with E-state index < -0.39 is 22.9 Å². The molecule has 0 aromatic heterocycles. The van der Waals surface area contributed by atoms with Crippen LogP contribution >= 0.6 is 11.6 Å².